The van der Waals surface area contributed by atoms with E-state index in [1.807, 2.05) is 51.1 Å². The van der Waals surface area contributed by atoms with Crippen LogP contribution in [-0.2, 0) is 4.79 Å². The van der Waals surface area contributed by atoms with Crippen LogP contribution < -0.4 is 4.74 Å². The fourth-order valence-corrected chi connectivity index (χ4v) is 4.83. The van der Waals surface area contributed by atoms with Crippen molar-refractivity contribution in [2.75, 3.05) is 6.61 Å². The number of thioether (sulfide) groups is 1. The van der Waals surface area contributed by atoms with Crippen LogP contribution >= 0.6 is 11.8 Å². The number of hydrogen-bond acceptors (Lipinski definition) is 5. The molecular formula is C26H22FN5O2S. The Hall–Kier alpha value is -3.98. The Kier molecular flexibility index (Phi) is 5.86. The molecule has 1 N–H and O–H groups in total. The number of aryl methyl sites for hydroxylation is 2. The SMILES string of the molecule is Cc1cccc(OCC2=NN3C(=N)/C(=C/c4cc(C)n(-c5ccccc5F)c4C)C(=O)N=C3S2)c1. The van der Waals surface area contributed by atoms with Gasteiger partial charge in [0.25, 0.3) is 5.91 Å². The lowest BCUT2D eigenvalue weighted by molar-refractivity contribution is -0.114. The van der Waals surface area contributed by atoms with Crippen LogP contribution in [0.2, 0.25) is 0 Å². The smallest absolute Gasteiger partial charge is 0.283 e. The number of amidine groups is 2. The molecule has 2 aliphatic heterocycles. The normalized spacial score (nSPS) is 16.5. The summed E-state index contributed by atoms with van der Waals surface area (Å²) < 4.78 is 22.0. The van der Waals surface area contributed by atoms with Gasteiger partial charge in [-0.1, -0.05) is 24.3 Å². The summed E-state index contributed by atoms with van der Waals surface area (Å²) in [5, 5.41) is 15.3. The second kappa shape index (κ2) is 8.99. The Balaban J connectivity index is 1.41. The number of nitrogens with one attached hydrogen (secondary N) is 1. The highest BCUT2D eigenvalue weighted by Crippen LogP contribution is 2.30. The molecule has 0 atom stereocenters. The third-order valence-corrected chi connectivity index (χ3v) is 6.59. The molecule has 35 heavy (non-hydrogen) atoms. The van der Waals surface area contributed by atoms with E-state index in [9.17, 15) is 9.18 Å². The first-order valence-electron chi connectivity index (χ1n) is 10.9. The standard InChI is InChI=1S/C26H22FN5O2S/c1-15-7-6-8-19(11-15)34-14-23-30-32-24(28)20(25(33)29-26(32)35-23)13-18-12-16(2)31(17(18)3)22-10-5-4-9-21(22)27/h4-13,28H,14H2,1-3H3/b20-13-,28-24?. The van der Waals surface area contributed by atoms with Crippen LogP contribution in [0.1, 0.15) is 22.5 Å². The predicted molar refractivity (Wildman–Crippen MR) is 137 cm³/mol. The monoisotopic (exact) mass is 487 g/mol. The number of hydrazone groups is 1. The minimum absolute atomic E-state index is 0.0613. The molecule has 3 aromatic rings. The van der Waals surface area contributed by atoms with Gasteiger partial charge in [-0.2, -0.15) is 15.1 Å². The summed E-state index contributed by atoms with van der Waals surface area (Å²) in [6.45, 7) is 5.90. The number of fused-ring (bicyclic) bond motifs is 1. The van der Waals surface area contributed by atoms with Gasteiger partial charge in [-0.25, -0.2) is 4.39 Å². The molecule has 5 rings (SSSR count). The van der Waals surface area contributed by atoms with Gasteiger partial charge in [0.05, 0.1) is 11.3 Å². The zero-order chi connectivity index (χ0) is 24.7. The van der Waals surface area contributed by atoms with Crippen molar-refractivity contribution >= 4 is 39.8 Å². The summed E-state index contributed by atoms with van der Waals surface area (Å²) in [6, 6.07) is 16.1. The Labute approximate surface area is 206 Å². The molecule has 1 amide bonds. The molecule has 3 heterocycles. The van der Waals surface area contributed by atoms with Gasteiger partial charge in [0.1, 0.15) is 23.2 Å². The third-order valence-electron chi connectivity index (χ3n) is 5.71. The number of carbonyl (C=O) groups is 1. The molecular weight excluding hydrogens is 465 g/mol. The second-order valence-corrected chi connectivity index (χ2v) is 9.27. The number of para-hydroxylation sites is 1. The molecule has 0 fully saturated rings. The van der Waals surface area contributed by atoms with Crippen LogP contribution in [0.15, 0.2) is 70.3 Å². The number of carbonyl (C=O) groups excluding carboxylic acids is 1. The Morgan fingerprint density at radius 2 is 1.91 bits per heavy atom. The van der Waals surface area contributed by atoms with Gasteiger partial charge >= 0.3 is 0 Å². The molecule has 0 bridgehead atoms. The second-order valence-electron chi connectivity index (χ2n) is 8.23. The summed E-state index contributed by atoms with van der Waals surface area (Å²) in [5.74, 6) is -0.195. The number of rotatable bonds is 5. The first-order valence-corrected chi connectivity index (χ1v) is 11.8. The van der Waals surface area contributed by atoms with Crippen LogP contribution in [0.5, 0.6) is 5.75 Å². The quantitative estimate of drug-likeness (QED) is 0.499. The summed E-state index contributed by atoms with van der Waals surface area (Å²) in [4.78, 5) is 17.0. The summed E-state index contributed by atoms with van der Waals surface area (Å²) in [6.07, 6.45) is 1.62. The number of ether oxygens (including phenoxy) is 1. The highest BCUT2D eigenvalue weighted by molar-refractivity contribution is 8.27. The number of aromatic nitrogens is 1. The Bertz CT molecular complexity index is 1470. The van der Waals surface area contributed by atoms with Gasteiger partial charge in [-0.05, 0) is 80.1 Å². The average molecular weight is 488 g/mol. The number of amides is 1. The van der Waals surface area contributed by atoms with Crippen LogP contribution in [0, 0.1) is 32.0 Å². The van der Waals surface area contributed by atoms with E-state index in [-0.39, 0.29) is 23.8 Å². The van der Waals surface area contributed by atoms with Crippen LogP contribution in [0.25, 0.3) is 11.8 Å². The molecule has 9 heteroatoms. The van der Waals surface area contributed by atoms with Crippen molar-refractivity contribution in [2.24, 2.45) is 10.1 Å². The van der Waals surface area contributed by atoms with Gasteiger partial charge in [0, 0.05) is 11.4 Å². The average Bonchev–Trinajstić information content (AvgIpc) is 3.35. The predicted octanol–water partition coefficient (Wildman–Crippen LogP) is 5.24. The molecule has 2 aromatic carbocycles. The lowest BCUT2D eigenvalue weighted by atomic mass is 10.1. The molecule has 0 aliphatic carbocycles. The van der Waals surface area contributed by atoms with E-state index < -0.39 is 5.91 Å². The van der Waals surface area contributed by atoms with Crippen LogP contribution in [0.3, 0.4) is 0 Å². The number of benzene rings is 2. The van der Waals surface area contributed by atoms with Gasteiger partial charge in [0.15, 0.2) is 5.84 Å². The van der Waals surface area contributed by atoms with Gasteiger partial charge < -0.3 is 9.30 Å². The lowest BCUT2D eigenvalue weighted by Gasteiger charge is -2.20. The molecule has 176 valence electrons. The van der Waals surface area contributed by atoms with Crippen molar-refractivity contribution in [3.8, 4) is 11.4 Å². The zero-order valence-corrected chi connectivity index (χ0v) is 20.2. The fourth-order valence-electron chi connectivity index (χ4n) is 4.03. The molecule has 0 saturated carbocycles. The van der Waals surface area contributed by atoms with Gasteiger partial charge in [-0.3, -0.25) is 10.2 Å². The molecule has 0 spiro atoms. The van der Waals surface area contributed by atoms with E-state index in [0.717, 1.165) is 22.7 Å². The number of nitrogens with zero attached hydrogens (tertiary/aromatic N) is 4. The van der Waals surface area contributed by atoms with Crippen molar-refractivity contribution in [3.05, 3.63) is 88.5 Å². The summed E-state index contributed by atoms with van der Waals surface area (Å²) in [7, 11) is 0. The lowest BCUT2D eigenvalue weighted by Crippen LogP contribution is -2.35. The van der Waals surface area contributed by atoms with Crippen LogP contribution in [-0.4, -0.2) is 38.1 Å². The first kappa shape index (κ1) is 22.8. The summed E-state index contributed by atoms with van der Waals surface area (Å²) in [5.41, 5.74) is 3.90. The molecule has 0 unspecified atom stereocenters. The molecule has 7 nitrogen and oxygen atoms in total. The molecule has 1 aromatic heterocycles. The minimum Gasteiger partial charge on any atom is -0.487 e. The van der Waals surface area contributed by atoms with E-state index in [0.29, 0.717) is 21.5 Å². The van der Waals surface area contributed by atoms with E-state index in [1.165, 1.54) is 22.8 Å². The summed E-state index contributed by atoms with van der Waals surface area (Å²) >= 11 is 1.21. The molecule has 2 aliphatic rings. The van der Waals surface area contributed by atoms with E-state index >= 15 is 0 Å². The van der Waals surface area contributed by atoms with E-state index in [1.54, 1.807) is 28.8 Å². The Morgan fingerprint density at radius 3 is 2.69 bits per heavy atom. The molecule has 0 saturated heterocycles. The zero-order valence-electron chi connectivity index (χ0n) is 19.4. The number of halogens is 1. The van der Waals surface area contributed by atoms with Crippen molar-refractivity contribution in [3.63, 3.8) is 0 Å². The maximum Gasteiger partial charge on any atom is 0.283 e. The topological polar surface area (TPSA) is 83.0 Å². The van der Waals surface area contributed by atoms with Crippen molar-refractivity contribution in [1.29, 1.82) is 5.41 Å². The maximum absolute atomic E-state index is 14.4. The van der Waals surface area contributed by atoms with Gasteiger partial charge in [-0.15, -0.1) is 0 Å². The van der Waals surface area contributed by atoms with Crippen molar-refractivity contribution in [1.82, 2.24) is 9.58 Å². The fraction of sp³-hybridized carbons (Fsp3) is 0.154. The maximum atomic E-state index is 14.4. The highest BCUT2D eigenvalue weighted by Gasteiger charge is 2.36. The number of hydrogen-bond donors (Lipinski definition) is 1. The third kappa shape index (κ3) is 4.30. The minimum atomic E-state index is -0.513. The van der Waals surface area contributed by atoms with Crippen LogP contribution in [0.4, 0.5) is 4.39 Å². The van der Waals surface area contributed by atoms with E-state index in [4.69, 9.17) is 10.1 Å². The first-order chi connectivity index (χ1) is 16.8. The largest absolute Gasteiger partial charge is 0.487 e. The number of aliphatic imine (C=N–C) groups is 1. The van der Waals surface area contributed by atoms with Crippen molar-refractivity contribution < 1.29 is 13.9 Å². The highest BCUT2D eigenvalue weighted by atomic mass is 32.2. The molecule has 0 radical (unpaired) electrons. The van der Waals surface area contributed by atoms with Gasteiger partial charge in [0.2, 0.25) is 5.17 Å². The van der Waals surface area contributed by atoms with E-state index in [2.05, 4.69) is 10.1 Å². The van der Waals surface area contributed by atoms with Crippen molar-refractivity contribution in [2.45, 2.75) is 20.8 Å². The Morgan fingerprint density at radius 1 is 1.11 bits per heavy atom.